The summed E-state index contributed by atoms with van der Waals surface area (Å²) >= 11 is 0. The van der Waals surface area contributed by atoms with Gasteiger partial charge in [0.15, 0.2) is 0 Å². The van der Waals surface area contributed by atoms with Crippen molar-refractivity contribution in [2.45, 2.75) is 38.8 Å². The summed E-state index contributed by atoms with van der Waals surface area (Å²) in [6, 6.07) is 1.53. The first-order valence-electron chi connectivity index (χ1n) is 9.83. The van der Waals surface area contributed by atoms with Gasteiger partial charge in [-0.1, -0.05) is 0 Å². The molecule has 1 aromatic rings. The van der Waals surface area contributed by atoms with Gasteiger partial charge < -0.3 is 15.3 Å². The third kappa shape index (κ3) is 4.99. The van der Waals surface area contributed by atoms with E-state index >= 15 is 0 Å². The van der Waals surface area contributed by atoms with Crippen LogP contribution in [0.1, 0.15) is 30.7 Å². The molecular formula is C18H32N6O5S. The number of likely N-dealkylation sites (tertiary alicyclic amines) is 1. The smallest absolute Gasteiger partial charge is 0.290 e. The van der Waals surface area contributed by atoms with Gasteiger partial charge in [-0.05, 0) is 45.8 Å². The van der Waals surface area contributed by atoms with E-state index in [1.165, 1.54) is 22.7 Å². The predicted octanol–water partition coefficient (Wildman–Crippen LogP) is -0.372. The van der Waals surface area contributed by atoms with Crippen LogP contribution in [-0.2, 0) is 26.3 Å². The average Bonchev–Trinajstić information content (AvgIpc) is 3.11. The van der Waals surface area contributed by atoms with E-state index in [1.807, 2.05) is 20.0 Å². The van der Waals surface area contributed by atoms with Crippen molar-refractivity contribution in [2.75, 3.05) is 40.8 Å². The number of carboxylic acid groups (broad SMARTS) is 1. The summed E-state index contributed by atoms with van der Waals surface area (Å²) in [4.78, 5) is 23.7. The van der Waals surface area contributed by atoms with Crippen molar-refractivity contribution in [2.24, 2.45) is 5.41 Å². The van der Waals surface area contributed by atoms with Gasteiger partial charge in [-0.3, -0.25) is 14.7 Å². The highest BCUT2D eigenvalue weighted by molar-refractivity contribution is 7.86. The van der Waals surface area contributed by atoms with Crippen molar-refractivity contribution in [1.29, 1.82) is 0 Å². The van der Waals surface area contributed by atoms with Crippen molar-refractivity contribution >= 4 is 22.6 Å². The van der Waals surface area contributed by atoms with E-state index in [0.29, 0.717) is 38.9 Å². The van der Waals surface area contributed by atoms with E-state index in [-0.39, 0.29) is 18.4 Å². The molecule has 30 heavy (non-hydrogen) atoms. The van der Waals surface area contributed by atoms with E-state index in [2.05, 4.69) is 20.4 Å². The summed E-state index contributed by atoms with van der Waals surface area (Å²) in [5, 5.41) is 16.9. The normalized spacial score (nSPS) is 25.2. The number of aryl methyl sites for hydroxylation is 1. The number of carbonyl (C=O) groups excluding carboxylic acids is 1. The second-order valence-electron chi connectivity index (χ2n) is 8.02. The molecule has 2 aliphatic rings. The van der Waals surface area contributed by atoms with Crippen LogP contribution in [0.15, 0.2) is 6.07 Å². The number of hydrogen-bond donors (Lipinski definition) is 3. The van der Waals surface area contributed by atoms with Gasteiger partial charge in [0, 0.05) is 32.9 Å². The van der Waals surface area contributed by atoms with Crippen LogP contribution in [0.4, 0.5) is 0 Å². The minimum Gasteiger partial charge on any atom is -0.483 e. The van der Waals surface area contributed by atoms with Crippen LogP contribution in [-0.4, -0.2) is 96.4 Å². The maximum atomic E-state index is 13.3. The van der Waals surface area contributed by atoms with Gasteiger partial charge in [0.2, 0.25) is 5.91 Å². The third-order valence-electron chi connectivity index (χ3n) is 5.81. The molecule has 3 heterocycles. The summed E-state index contributed by atoms with van der Waals surface area (Å²) < 4.78 is 28.5. The number of rotatable bonds is 5. The van der Waals surface area contributed by atoms with Crippen LogP contribution in [0.2, 0.25) is 0 Å². The molecule has 12 heteroatoms. The summed E-state index contributed by atoms with van der Waals surface area (Å²) in [7, 11) is 1.47. The molecule has 0 aliphatic carbocycles. The van der Waals surface area contributed by atoms with Crippen molar-refractivity contribution in [3.8, 4) is 0 Å². The first kappa shape index (κ1) is 24.3. The van der Waals surface area contributed by atoms with E-state index < -0.39 is 15.6 Å². The Morgan fingerprint density at radius 1 is 1.43 bits per heavy atom. The lowest BCUT2D eigenvalue weighted by Gasteiger charge is -2.52. The largest absolute Gasteiger partial charge is 0.483 e. The zero-order valence-electron chi connectivity index (χ0n) is 18.0. The van der Waals surface area contributed by atoms with E-state index in [1.54, 1.807) is 0 Å². The highest BCUT2D eigenvalue weighted by Gasteiger charge is 2.55. The lowest BCUT2D eigenvalue weighted by Crippen LogP contribution is -2.67. The number of aromatic amines is 1. The maximum absolute atomic E-state index is 13.3. The summed E-state index contributed by atoms with van der Waals surface area (Å²) in [5.74, 6) is -0.0695. The van der Waals surface area contributed by atoms with Crippen LogP contribution >= 0.6 is 0 Å². The van der Waals surface area contributed by atoms with Gasteiger partial charge in [-0.2, -0.15) is 22.1 Å². The molecule has 0 spiro atoms. The molecule has 0 aromatic carbocycles. The quantitative estimate of drug-likeness (QED) is 0.527. The van der Waals surface area contributed by atoms with Crippen LogP contribution in [0.3, 0.4) is 0 Å². The zero-order chi connectivity index (χ0) is 22.5. The zero-order valence-corrected chi connectivity index (χ0v) is 18.8. The fourth-order valence-electron chi connectivity index (χ4n) is 4.26. The first-order valence-corrected chi connectivity index (χ1v) is 11.2. The number of nitrogens with one attached hydrogen (secondary N) is 2. The lowest BCUT2D eigenvalue weighted by atomic mass is 9.68. The Hall–Kier alpha value is -2.02. The molecule has 0 radical (unpaired) electrons. The Morgan fingerprint density at radius 3 is 2.67 bits per heavy atom. The second-order valence-corrected chi connectivity index (χ2v) is 10.1. The molecule has 2 saturated heterocycles. The number of hydrogen-bond acceptors (Lipinski definition) is 6. The van der Waals surface area contributed by atoms with E-state index in [9.17, 15) is 13.2 Å². The minimum absolute atomic E-state index is 0.0695. The van der Waals surface area contributed by atoms with Crippen LogP contribution < -0.4 is 5.32 Å². The monoisotopic (exact) mass is 444 g/mol. The van der Waals surface area contributed by atoms with Gasteiger partial charge in [-0.15, -0.1) is 0 Å². The molecule has 2 aliphatic heterocycles. The summed E-state index contributed by atoms with van der Waals surface area (Å²) in [6.45, 7) is 3.79. The average molecular weight is 445 g/mol. The minimum atomic E-state index is -3.59. The van der Waals surface area contributed by atoms with E-state index in [0.717, 1.165) is 17.9 Å². The highest BCUT2D eigenvalue weighted by Crippen LogP contribution is 2.43. The first-order chi connectivity index (χ1) is 14.1. The molecule has 2 atom stereocenters. The van der Waals surface area contributed by atoms with Gasteiger partial charge in [0.1, 0.15) is 0 Å². The Labute approximate surface area is 177 Å². The number of nitrogens with zero attached hydrogens (tertiary/aromatic N) is 4. The Morgan fingerprint density at radius 2 is 2.10 bits per heavy atom. The molecule has 3 rings (SSSR count). The molecular weight excluding hydrogens is 412 g/mol. The topological polar surface area (TPSA) is 139 Å². The fraction of sp³-hybridized carbons (Fsp3) is 0.722. The fourth-order valence-corrected chi connectivity index (χ4v) is 5.63. The molecule has 11 nitrogen and oxygen atoms in total. The summed E-state index contributed by atoms with van der Waals surface area (Å²) in [6.07, 6.45) is 2.04. The molecule has 0 saturated carbocycles. The third-order valence-corrected chi connectivity index (χ3v) is 7.76. The van der Waals surface area contributed by atoms with Crippen molar-refractivity contribution in [3.05, 3.63) is 17.5 Å². The molecule has 1 aromatic heterocycles. The molecule has 2 fully saturated rings. The molecule has 1 amide bonds. The van der Waals surface area contributed by atoms with Gasteiger partial charge in [0.25, 0.3) is 16.7 Å². The summed E-state index contributed by atoms with van der Waals surface area (Å²) in [5.41, 5.74) is 1.02. The number of H-pyrrole nitrogens is 1. The van der Waals surface area contributed by atoms with Crippen LogP contribution in [0.5, 0.6) is 0 Å². The molecule has 0 bridgehead atoms. The predicted molar refractivity (Wildman–Crippen MR) is 111 cm³/mol. The van der Waals surface area contributed by atoms with Gasteiger partial charge >= 0.3 is 0 Å². The number of likely N-dealkylation sites (N-methyl/N-ethyl adjacent to an activating group) is 1. The van der Waals surface area contributed by atoms with Gasteiger partial charge in [0.05, 0.1) is 23.7 Å². The molecule has 170 valence electrons. The number of fused-ring (bicyclic) bond motifs is 1. The van der Waals surface area contributed by atoms with Crippen molar-refractivity contribution in [3.63, 3.8) is 0 Å². The number of amides is 1. The SMILES string of the molecule is Cc1cc(CNC(=O)[C@@]23CCCN(S(=O)(=O)N(C)C)[C@H]2CN(C)CC3)n[nH]1.O=CO. The Kier molecular flexibility index (Phi) is 7.97. The second kappa shape index (κ2) is 9.86. The van der Waals surface area contributed by atoms with E-state index in [4.69, 9.17) is 9.90 Å². The number of aromatic nitrogens is 2. The molecule has 0 unspecified atom stereocenters. The van der Waals surface area contributed by atoms with Gasteiger partial charge in [-0.25, -0.2) is 0 Å². The Balaban J connectivity index is 0.00000101. The molecule has 3 N–H and O–H groups in total. The standard InChI is InChI=1S/C17H30N6O3S.CH2O2/c1-13-10-14(20-19-13)11-18-16(24)17-6-5-8-23(27(25,26)21(2)3)15(17)12-22(4)9-7-17;2-1-3/h10,15H,5-9,11-12H2,1-4H3,(H,18,24)(H,19,20);1H,(H,2,3)/t15-,17+;/m0./s1. The highest BCUT2D eigenvalue weighted by atomic mass is 32.2. The lowest BCUT2D eigenvalue weighted by molar-refractivity contribution is -0.141. The van der Waals surface area contributed by atoms with Crippen molar-refractivity contribution in [1.82, 2.24) is 29.0 Å². The van der Waals surface area contributed by atoms with Crippen LogP contribution in [0, 0.1) is 12.3 Å². The maximum Gasteiger partial charge on any atom is 0.290 e. The number of piperidine rings is 2. The Bertz CT molecular complexity index is 842. The number of carbonyl (C=O) groups is 2. The van der Waals surface area contributed by atoms with Crippen LogP contribution in [0.25, 0.3) is 0 Å². The van der Waals surface area contributed by atoms with Crippen molar-refractivity contribution < 1.29 is 23.1 Å².